The Labute approximate surface area is 99.8 Å². The van der Waals surface area contributed by atoms with E-state index in [2.05, 4.69) is 0 Å². The van der Waals surface area contributed by atoms with Gasteiger partial charge in [-0.25, -0.2) is 4.79 Å². The molecule has 17 heavy (non-hydrogen) atoms. The predicted molar refractivity (Wildman–Crippen MR) is 68.8 cm³/mol. The lowest BCUT2D eigenvalue weighted by Crippen LogP contribution is -1.95. The van der Waals surface area contributed by atoms with Crippen molar-refractivity contribution in [2.75, 3.05) is 0 Å². The van der Waals surface area contributed by atoms with Crippen LogP contribution in [0.4, 0.5) is 0 Å². The van der Waals surface area contributed by atoms with E-state index in [0.717, 1.165) is 11.1 Å². The standard InChI is InChI=1S/C15H12O2/c16-15(17)14-8-4-7-13(11-14)10-9-12-5-2-1-3-6-12/h1-11H,(H,16,17)/b10-9-. The summed E-state index contributed by atoms with van der Waals surface area (Å²) >= 11 is 0. The first kappa shape index (κ1) is 11.1. The largest absolute Gasteiger partial charge is 0.478 e. The second kappa shape index (κ2) is 5.12. The van der Waals surface area contributed by atoms with Crippen LogP contribution in [-0.4, -0.2) is 11.1 Å². The van der Waals surface area contributed by atoms with Crippen LogP contribution in [-0.2, 0) is 0 Å². The number of hydrogen-bond acceptors (Lipinski definition) is 1. The topological polar surface area (TPSA) is 37.3 Å². The van der Waals surface area contributed by atoms with Crippen molar-refractivity contribution >= 4 is 18.1 Å². The highest BCUT2D eigenvalue weighted by atomic mass is 16.4. The summed E-state index contributed by atoms with van der Waals surface area (Å²) in [6, 6.07) is 16.8. The molecule has 0 aromatic heterocycles. The number of carboxylic acid groups (broad SMARTS) is 1. The van der Waals surface area contributed by atoms with Crippen molar-refractivity contribution in [2.45, 2.75) is 0 Å². The van der Waals surface area contributed by atoms with Gasteiger partial charge >= 0.3 is 5.97 Å². The van der Waals surface area contributed by atoms with Crippen molar-refractivity contribution in [3.8, 4) is 0 Å². The molecular weight excluding hydrogens is 212 g/mol. The molecule has 0 amide bonds. The zero-order valence-electron chi connectivity index (χ0n) is 9.21. The maximum atomic E-state index is 10.8. The molecule has 0 unspecified atom stereocenters. The average molecular weight is 224 g/mol. The summed E-state index contributed by atoms with van der Waals surface area (Å²) in [6.07, 6.45) is 3.86. The van der Waals surface area contributed by atoms with E-state index in [1.807, 2.05) is 48.6 Å². The summed E-state index contributed by atoms with van der Waals surface area (Å²) < 4.78 is 0. The van der Waals surface area contributed by atoms with Gasteiger partial charge in [0.25, 0.3) is 0 Å². The quantitative estimate of drug-likeness (QED) is 0.809. The third-order valence-corrected chi connectivity index (χ3v) is 2.40. The first-order valence-corrected chi connectivity index (χ1v) is 5.32. The van der Waals surface area contributed by atoms with E-state index in [0.29, 0.717) is 5.56 Å². The molecule has 0 aliphatic carbocycles. The normalized spacial score (nSPS) is 10.6. The van der Waals surface area contributed by atoms with Gasteiger partial charge in [0.2, 0.25) is 0 Å². The summed E-state index contributed by atoms with van der Waals surface area (Å²) in [4.78, 5) is 10.8. The van der Waals surface area contributed by atoms with Crippen molar-refractivity contribution < 1.29 is 9.90 Å². The molecule has 84 valence electrons. The molecule has 0 atom stereocenters. The Kier molecular flexibility index (Phi) is 3.36. The minimum absolute atomic E-state index is 0.306. The van der Waals surface area contributed by atoms with Gasteiger partial charge in [0, 0.05) is 0 Å². The van der Waals surface area contributed by atoms with Crippen LogP contribution in [0.5, 0.6) is 0 Å². The second-order valence-electron chi connectivity index (χ2n) is 3.67. The molecule has 2 rings (SSSR count). The van der Waals surface area contributed by atoms with Crippen molar-refractivity contribution in [3.05, 3.63) is 71.3 Å². The van der Waals surface area contributed by atoms with Gasteiger partial charge in [-0.3, -0.25) is 0 Å². The summed E-state index contributed by atoms with van der Waals surface area (Å²) in [5, 5.41) is 8.87. The van der Waals surface area contributed by atoms with Crippen LogP contribution in [0, 0.1) is 0 Å². The highest BCUT2D eigenvalue weighted by Gasteiger charge is 2.00. The molecule has 2 heteroatoms. The highest BCUT2D eigenvalue weighted by Crippen LogP contribution is 2.10. The SMILES string of the molecule is O=C(O)c1cccc(/C=C\c2ccccc2)c1. The van der Waals surface area contributed by atoms with E-state index in [4.69, 9.17) is 5.11 Å². The number of aromatic carboxylic acids is 1. The van der Waals surface area contributed by atoms with Crippen molar-refractivity contribution in [2.24, 2.45) is 0 Å². The Balaban J connectivity index is 2.22. The fourth-order valence-electron chi connectivity index (χ4n) is 1.53. The Hall–Kier alpha value is -2.35. The first-order valence-electron chi connectivity index (χ1n) is 5.32. The van der Waals surface area contributed by atoms with Crippen LogP contribution in [0.3, 0.4) is 0 Å². The van der Waals surface area contributed by atoms with Gasteiger partial charge in [0.05, 0.1) is 5.56 Å². The fraction of sp³-hybridized carbons (Fsp3) is 0. The van der Waals surface area contributed by atoms with E-state index in [9.17, 15) is 4.79 Å². The first-order chi connectivity index (χ1) is 8.25. The zero-order chi connectivity index (χ0) is 12.1. The molecule has 0 spiro atoms. The number of carboxylic acids is 1. The van der Waals surface area contributed by atoms with Gasteiger partial charge in [-0.1, -0.05) is 54.6 Å². The molecule has 2 aromatic rings. The Morgan fingerprint density at radius 2 is 1.53 bits per heavy atom. The van der Waals surface area contributed by atoms with E-state index in [1.54, 1.807) is 18.2 Å². The number of carbonyl (C=O) groups is 1. The summed E-state index contributed by atoms with van der Waals surface area (Å²) in [7, 11) is 0. The number of rotatable bonds is 3. The molecule has 0 radical (unpaired) electrons. The van der Waals surface area contributed by atoms with Gasteiger partial charge in [0.15, 0.2) is 0 Å². The summed E-state index contributed by atoms with van der Waals surface area (Å²) in [6.45, 7) is 0. The Morgan fingerprint density at radius 1 is 0.882 bits per heavy atom. The smallest absolute Gasteiger partial charge is 0.335 e. The van der Waals surface area contributed by atoms with Crippen LogP contribution < -0.4 is 0 Å². The molecule has 0 aliphatic heterocycles. The minimum Gasteiger partial charge on any atom is -0.478 e. The zero-order valence-corrected chi connectivity index (χ0v) is 9.21. The highest BCUT2D eigenvalue weighted by molar-refractivity contribution is 5.88. The molecule has 0 heterocycles. The molecule has 0 saturated carbocycles. The number of hydrogen-bond donors (Lipinski definition) is 1. The maximum Gasteiger partial charge on any atom is 0.335 e. The molecule has 0 saturated heterocycles. The van der Waals surface area contributed by atoms with Crippen molar-refractivity contribution in [3.63, 3.8) is 0 Å². The van der Waals surface area contributed by atoms with Crippen LogP contribution in [0.2, 0.25) is 0 Å². The van der Waals surface area contributed by atoms with Crippen LogP contribution in [0.25, 0.3) is 12.2 Å². The van der Waals surface area contributed by atoms with E-state index >= 15 is 0 Å². The van der Waals surface area contributed by atoms with Crippen LogP contribution >= 0.6 is 0 Å². The molecule has 1 N–H and O–H groups in total. The Morgan fingerprint density at radius 3 is 2.24 bits per heavy atom. The maximum absolute atomic E-state index is 10.8. The predicted octanol–water partition coefficient (Wildman–Crippen LogP) is 3.56. The van der Waals surface area contributed by atoms with Gasteiger partial charge < -0.3 is 5.11 Å². The molecular formula is C15H12O2. The summed E-state index contributed by atoms with van der Waals surface area (Å²) in [5.41, 5.74) is 2.28. The molecule has 0 fully saturated rings. The lowest BCUT2D eigenvalue weighted by atomic mass is 10.1. The lowest BCUT2D eigenvalue weighted by molar-refractivity contribution is 0.0697. The monoisotopic (exact) mass is 224 g/mol. The van der Waals surface area contributed by atoms with Gasteiger partial charge in [0.1, 0.15) is 0 Å². The van der Waals surface area contributed by atoms with E-state index < -0.39 is 5.97 Å². The molecule has 0 bridgehead atoms. The third kappa shape index (κ3) is 3.05. The molecule has 0 aliphatic rings. The number of benzene rings is 2. The fourth-order valence-corrected chi connectivity index (χ4v) is 1.53. The van der Waals surface area contributed by atoms with Gasteiger partial charge in [-0.05, 0) is 23.3 Å². The Bertz CT molecular complexity index is 542. The van der Waals surface area contributed by atoms with Crippen LogP contribution in [0.15, 0.2) is 54.6 Å². The van der Waals surface area contributed by atoms with E-state index in [1.165, 1.54) is 0 Å². The van der Waals surface area contributed by atoms with E-state index in [-0.39, 0.29) is 0 Å². The molecule has 2 nitrogen and oxygen atoms in total. The lowest BCUT2D eigenvalue weighted by Gasteiger charge is -1.97. The van der Waals surface area contributed by atoms with Gasteiger partial charge in [-0.15, -0.1) is 0 Å². The summed E-state index contributed by atoms with van der Waals surface area (Å²) in [5.74, 6) is -0.903. The van der Waals surface area contributed by atoms with Crippen LogP contribution in [0.1, 0.15) is 21.5 Å². The van der Waals surface area contributed by atoms with Crippen molar-refractivity contribution in [1.29, 1.82) is 0 Å². The molecule has 2 aromatic carbocycles. The third-order valence-electron chi connectivity index (χ3n) is 2.40. The van der Waals surface area contributed by atoms with Gasteiger partial charge in [-0.2, -0.15) is 0 Å². The second-order valence-corrected chi connectivity index (χ2v) is 3.67. The van der Waals surface area contributed by atoms with Crippen molar-refractivity contribution in [1.82, 2.24) is 0 Å². The average Bonchev–Trinajstić information content (AvgIpc) is 2.38. The minimum atomic E-state index is -0.903.